The van der Waals surface area contributed by atoms with Crippen molar-refractivity contribution in [3.63, 3.8) is 0 Å². The van der Waals surface area contributed by atoms with Gasteiger partial charge in [-0.05, 0) is 38.8 Å². The van der Waals surface area contributed by atoms with Gasteiger partial charge in [-0.1, -0.05) is 17.7 Å². The quantitative estimate of drug-likeness (QED) is 0.830. The summed E-state index contributed by atoms with van der Waals surface area (Å²) in [5, 5.41) is 9.55. The normalized spacial score (nSPS) is 22.1. The van der Waals surface area contributed by atoms with Crippen molar-refractivity contribution >= 4 is 5.78 Å². The Morgan fingerprint density at radius 1 is 1.44 bits per heavy atom. The summed E-state index contributed by atoms with van der Waals surface area (Å²) in [4.78, 5) is 14.6. The highest BCUT2D eigenvalue weighted by molar-refractivity contribution is 6.01. The zero-order valence-corrected chi connectivity index (χ0v) is 11.3. The Hall–Kier alpha value is -1.19. The van der Waals surface area contributed by atoms with Gasteiger partial charge in [0.25, 0.3) is 0 Å². The number of Topliss-reactive ketones (excluding diaryl/α,β-unsaturated/α-hetero) is 1. The van der Waals surface area contributed by atoms with E-state index in [0.717, 1.165) is 29.7 Å². The maximum atomic E-state index is 12.5. The molecule has 1 fully saturated rings. The SMILES string of the molecule is Cc1ccc(C)c(C(=O)C(C)N2CCC(O)C2)c1. The molecule has 3 nitrogen and oxygen atoms in total. The van der Waals surface area contributed by atoms with Gasteiger partial charge in [0.1, 0.15) is 0 Å². The number of ketones is 1. The second-order valence-electron chi connectivity index (χ2n) is 5.30. The number of aliphatic hydroxyl groups excluding tert-OH is 1. The number of benzene rings is 1. The van der Waals surface area contributed by atoms with Crippen LogP contribution in [-0.4, -0.2) is 41.0 Å². The summed E-state index contributed by atoms with van der Waals surface area (Å²) >= 11 is 0. The zero-order chi connectivity index (χ0) is 13.3. The number of rotatable bonds is 3. The Bertz CT molecular complexity index is 456. The number of aryl methyl sites for hydroxylation is 2. The van der Waals surface area contributed by atoms with Crippen molar-refractivity contribution in [2.75, 3.05) is 13.1 Å². The second kappa shape index (κ2) is 5.21. The Balaban J connectivity index is 2.17. The minimum absolute atomic E-state index is 0.150. The first-order chi connectivity index (χ1) is 8.49. The summed E-state index contributed by atoms with van der Waals surface area (Å²) in [5.74, 6) is 0.158. The van der Waals surface area contributed by atoms with Gasteiger partial charge in [-0.2, -0.15) is 0 Å². The predicted molar refractivity (Wildman–Crippen MR) is 71.9 cm³/mol. The number of hydrogen-bond donors (Lipinski definition) is 1. The average Bonchev–Trinajstić information content (AvgIpc) is 2.77. The summed E-state index contributed by atoms with van der Waals surface area (Å²) in [5.41, 5.74) is 2.94. The molecule has 0 bridgehead atoms. The summed E-state index contributed by atoms with van der Waals surface area (Å²) in [6, 6.07) is 5.83. The van der Waals surface area contributed by atoms with E-state index in [1.54, 1.807) is 0 Å². The highest BCUT2D eigenvalue weighted by atomic mass is 16.3. The molecule has 1 heterocycles. The fourth-order valence-corrected chi connectivity index (χ4v) is 2.51. The molecule has 1 N–H and O–H groups in total. The molecule has 0 amide bonds. The van der Waals surface area contributed by atoms with Gasteiger partial charge in [0.2, 0.25) is 0 Å². The topological polar surface area (TPSA) is 40.5 Å². The van der Waals surface area contributed by atoms with E-state index in [4.69, 9.17) is 0 Å². The van der Waals surface area contributed by atoms with Gasteiger partial charge in [0.05, 0.1) is 12.1 Å². The van der Waals surface area contributed by atoms with Crippen molar-refractivity contribution in [2.45, 2.75) is 39.3 Å². The number of nitrogens with zero attached hydrogens (tertiary/aromatic N) is 1. The van der Waals surface area contributed by atoms with E-state index in [1.807, 2.05) is 39.0 Å². The van der Waals surface area contributed by atoms with Crippen LogP contribution in [-0.2, 0) is 0 Å². The van der Waals surface area contributed by atoms with Crippen LogP contribution in [0.15, 0.2) is 18.2 Å². The van der Waals surface area contributed by atoms with Crippen LogP contribution in [0.4, 0.5) is 0 Å². The minimum atomic E-state index is -0.279. The maximum Gasteiger partial charge on any atom is 0.179 e. The third kappa shape index (κ3) is 2.62. The lowest BCUT2D eigenvalue weighted by Gasteiger charge is -2.23. The third-order valence-corrected chi connectivity index (χ3v) is 3.78. The van der Waals surface area contributed by atoms with E-state index in [-0.39, 0.29) is 17.9 Å². The number of hydrogen-bond acceptors (Lipinski definition) is 3. The molecule has 0 radical (unpaired) electrons. The van der Waals surface area contributed by atoms with Crippen LogP contribution in [0.2, 0.25) is 0 Å². The Labute approximate surface area is 108 Å². The Morgan fingerprint density at radius 3 is 2.78 bits per heavy atom. The number of carbonyl (C=O) groups excluding carboxylic acids is 1. The molecule has 2 unspecified atom stereocenters. The van der Waals surface area contributed by atoms with Crippen LogP contribution in [0.3, 0.4) is 0 Å². The molecular weight excluding hydrogens is 226 g/mol. The summed E-state index contributed by atoms with van der Waals surface area (Å²) in [6.07, 6.45) is 0.489. The molecule has 1 aliphatic heterocycles. The summed E-state index contributed by atoms with van der Waals surface area (Å²) in [7, 11) is 0. The Morgan fingerprint density at radius 2 is 2.17 bits per heavy atom. The smallest absolute Gasteiger partial charge is 0.179 e. The molecule has 1 saturated heterocycles. The Kier molecular flexibility index (Phi) is 3.83. The standard InChI is InChI=1S/C15H21NO2/c1-10-4-5-11(2)14(8-10)15(18)12(3)16-7-6-13(17)9-16/h4-5,8,12-13,17H,6-7,9H2,1-3H3. The molecule has 0 aromatic heterocycles. The van der Waals surface area contributed by atoms with Gasteiger partial charge in [-0.15, -0.1) is 0 Å². The fraction of sp³-hybridized carbons (Fsp3) is 0.533. The van der Waals surface area contributed by atoms with E-state index >= 15 is 0 Å². The van der Waals surface area contributed by atoms with Gasteiger partial charge in [-0.3, -0.25) is 9.69 Å². The highest BCUT2D eigenvalue weighted by Gasteiger charge is 2.29. The van der Waals surface area contributed by atoms with Gasteiger partial charge >= 0.3 is 0 Å². The van der Waals surface area contributed by atoms with E-state index in [1.165, 1.54) is 0 Å². The van der Waals surface area contributed by atoms with Crippen LogP contribution in [0, 0.1) is 13.8 Å². The van der Waals surface area contributed by atoms with Crippen LogP contribution in [0.25, 0.3) is 0 Å². The molecule has 0 aliphatic carbocycles. The first-order valence-corrected chi connectivity index (χ1v) is 6.52. The second-order valence-corrected chi connectivity index (χ2v) is 5.30. The molecule has 1 aromatic rings. The molecular formula is C15H21NO2. The molecule has 1 aromatic carbocycles. The van der Waals surface area contributed by atoms with Crippen LogP contribution in [0.1, 0.15) is 34.8 Å². The van der Waals surface area contributed by atoms with Crippen LogP contribution in [0.5, 0.6) is 0 Å². The summed E-state index contributed by atoms with van der Waals surface area (Å²) < 4.78 is 0. The van der Waals surface area contributed by atoms with Crippen molar-refractivity contribution in [1.29, 1.82) is 0 Å². The van der Waals surface area contributed by atoms with Gasteiger partial charge in [0.15, 0.2) is 5.78 Å². The predicted octanol–water partition coefficient (Wildman–Crippen LogP) is 1.94. The largest absolute Gasteiger partial charge is 0.392 e. The lowest BCUT2D eigenvalue weighted by atomic mass is 9.98. The van der Waals surface area contributed by atoms with Gasteiger partial charge in [-0.25, -0.2) is 0 Å². The summed E-state index contributed by atoms with van der Waals surface area (Å²) in [6.45, 7) is 7.32. The number of carbonyl (C=O) groups is 1. The number of β-amino-alcohol motifs (C(OH)–C–C–N with tert-alkyl or cyclic N) is 1. The molecule has 0 spiro atoms. The lowest BCUT2D eigenvalue weighted by molar-refractivity contribution is 0.0846. The maximum absolute atomic E-state index is 12.5. The van der Waals surface area contributed by atoms with Crippen molar-refractivity contribution in [1.82, 2.24) is 4.90 Å². The first-order valence-electron chi connectivity index (χ1n) is 6.52. The van der Waals surface area contributed by atoms with Gasteiger partial charge in [0, 0.05) is 18.7 Å². The molecule has 18 heavy (non-hydrogen) atoms. The van der Waals surface area contributed by atoms with E-state index in [0.29, 0.717) is 6.54 Å². The zero-order valence-electron chi connectivity index (χ0n) is 11.3. The van der Waals surface area contributed by atoms with E-state index in [9.17, 15) is 9.90 Å². The van der Waals surface area contributed by atoms with E-state index < -0.39 is 0 Å². The van der Waals surface area contributed by atoms with Gasteiger partial charge < -0.3 is 5.11 Å². The number of likely N-dealkylation sites (tertiary alicyclic amines) is 1. The van der Waals surface area contributed by atoms with Crippen molar-refractivity contribution < 1.29 is 9.90 Å². The lowest BCUT2D eigenvalue weighted by Crippen LogP contribution is -2.38. The highest BCUT2D eigenvalue weighted by Crippen LogP contribution is 2.19. The van der Waals surface area contributed by atoms with Crippen LogP contribution < -0.4 is 0 Å². The van der Waals surface area contributed by atoms with Crippen molar-refractivity contribution in [2.24, 2.45) is 0 Å². The molecule has 98 valence electrons. The van der Waals surface area contributed by atoms with Crippen molar-refractivity contribution in [3.8, 4) is 0 Å². The molecule has 3 heteroatoms. The minimum Gasteiger partial charge on any atom is -0.392 e. The third-order valence-electron chi connectivity index (χ3n) is 3.78. The molecule has 0 saturated carbocycles. The van der Waals surface area contributed by atoms with Crippen LogP contribution >= 0.6 is 0 Å². The molecule has 2 rings (SSSR count). The van der Waals surface area contributed by atoms with E-state index in [2.05, 4.69) is 4.90 Å². The molecule has 1 aliphatic rings. The first kappa shape index (κ1) is 13.2. The fourth-order valence-electron chi connectivity index (χ4n) is 2.51. The monoisotopic (exact) mass is 247 g/mol. The van der Waals surface area contributed by atoms with Crippen molar-refractivity contribution in [3.05, 3.63) is 34.9 Å². The average molecular weight is 247 g/mol. The number of aliphatic hydroxyl groups is 1. The molecule has 2 atom stereocenters.